The van der Waals surface area contributed by atoms with Crippen LogP contribution in [-0.2, 0) is 0 Å². The summed E-state index contributed by atoms with van der Waals surface area (Å²) in [6, 6.07) is 0. The molecule has 3 N–H and O–H groups in total. The summed E-state index contributed by atoms with van der Waals surface area (Å²) >= 11 is 0. The third-order valence-electron chi connectivity index (χ3n) is 2.78. The van der Waals surface area contributed by atoms with Gasteiger partial charge in [-0.15, -0.1) is 0 Å². The molecular formula is C10H23NO2. The van der Waals surface area contributed by atoms with Gasteiger partial charge in [-0.2, -0.15) is 0 Å². The standard InChI is InChI=1S/C10H23NO2/c1-4-10(5-2,8-12)7-11-6-9(3)13/h9,11-13H,4-8H2,1-3H3/t9-/m0/s1. The summed E-state index contributed by atoms with van der Waals surface area (Å²) in [6.07, 6.45) is 1.62. The molecule has 1 atom stereocenters. The van der Waals surface area contributed by atoms with E-state index in [0.29, 0.717) is 6.54 Å². The van der Waals surface area contributed by atoms with E-state index in [1.807, 2.05) is 0 Å². The highest BCUT2D eigenvalue weighted by atomic mass is 16.3. The van der Waals surface area contributed by atoms with Crippen molar-refractivity contribution in [2.24, 2.45) is 5.41 Å². The number of aliphatic hydroxyl groups excluding tert-OH is 2. The monoisotopic (exact) mass is 189 g/mol. The van der Waals surface area contributed by atoms with Gasteiger partial charge in [0.25, 0.3) is 0 Å². The van der Waals surface area contributed by atoms with Gasteiger partial charge in [-0.05, 0) is 19.8 Å². The van der Waals surface area contributed by atoms with E-state index in [9.17, 15) is 5.11 Å². The number of nitrogens with one attached hydrogen (secondary N) is 1. The molecule has 80 valence electrons. The Hall–Kier alpha value is -0.120. The van der Waals surface area contributed by atoms with Crippen molar-refractivity contribution in [3.8, 4) is 0 Å². The van der Waals surface area contributed by atoms with Crippen LogP contribution in [0.3, 0.4) is 0 Å². The first-order valence-corrected chi connectivity index (χ1v) is 5.10. The van der Waals surface area contributed by atoms with Gasteiger partial charge in [-0.1, -0.05) is 13.8 Å². The molecule has 0 aliphatic carbocycles. The molecule has 0 radical (unpaired) electrons. The van der Waals surface area contributed by atoms with Crippen molar-refractivity contribution in [2.75, 3.05) is 19.7 Å². The molecule has 0 bridgehead atoms. The normalized spacial score (nSPS) is 14.5. The topological polar surface area (TPSA) is 52.5 Å². The van der Waals surface area contributed by atoms with Gasteiger partial charge >= 0.3 is 0 Å². The molecule has 0 fully saturated rings. The van der Waals surface area contributed by atoms with E-state index in [1.165, 1.54) is 0 Å². The van der Waals surface area contributed by atoms with E-state index in [1.54, 1.807) is 6.92 Å². The average Bonchev–Trinajstić information content (AvgIpc) is 2.13. The summed E-state index contributed by atoms with van der Waals surface area (Å²) in [5, 5.41) is 21.5. The van der Waals surface area contributed by atoms with Crippen molar-refractivity contribution in [1.29, 1.82) is 0 Å². The molecule has 0 heterocycles. The first-order chi connectivity index (χ1) is 6.10. The fourth-order valence-corrected chi connectivity index (χ4v) is 1.33. The maximum atomic E-state index is 9.24. The smallest absolute Gasteiger partial charge is 0.0636 e. The highest BCUT2D eigenvalue weighted by molar-refractivity contribution is 4.78. The molecule has 0 aromatic carbocycles. The Morgan fingerprint density at radius 2 is 1.85 bits per heavy atom. The van der Waals surface area contributed by atoms with Gasteiger partial charge in [0.15, 0.2) is 0 Å². The van der Waals surface area contributed by atoms with Crippen LogP contribution in [0.25, 0.3) is 0 Å². The molecular weight excluding hydrogens is 166 g/mol. The fraction of sp³-hybridized carbons (Fsp3) is 1.00. The second-order valence-electron chi connectivity index (χ2n) is 3.85. The number of aliphatic hydroxyl groups is 2. The lowest BCUT2D eigenvalue weighted by Crippen LogP contribution is -2.39. The van der Waals surface area contributed by atoms with E-state index in [2.05, 4.69) is 19.2 Å². The Kier molecular flexibility index (Phi) is 6.29. The van der Waals surface area contributed by atoms with Crippen LogP contribution >= 0.6 is 0 Å². The highest BCUT2D eigenvalue weighted by Gasteiger charge is 2.24. The van der Waals surface area contributed by atoms with Crippen molar-refractivity contribution < 1.29 is 10.2 Å². The van der Waals surface area contributed by atoms with Gasteiger partial charge < -0.3 is 15.5 Å². The molecule has 0 unspecified atom stereocenters. The zero-order valence-electron chi connectivity index (χ0n) is 9.01. The molecule has 3 heteroatoms. The Labute approximate surface area is 81.2 Å². The Morgan fingerprint density at radius 3 is 2.15 bits per heavy atom. The van der Waals surface area contributed by atoms with Crippen molar-refractivity contribution >= 4 is 0 Å². The average molecular weight is 189 g/mol. The highest BCUT2D eigenvalue weighted by Crippen LogP contribution is 2.24. The lowest BCUT2D eigenvalue weighted by molar-refractivity contribution is 0.106. The molecule has 0 aliphatic rings. The van der Waals surface area contributed by atoms with Crippen LogP contribution in [0.4, 0.5) is 0 Å². The third kappa shape index (κ3) is 4.60. The molecule has 0 aromatic heterocycles. The lowest BCUT2D eigenvalue weighted by Gasteiger charge is -2.29. The van der Waals surface area contributed by atoms with Crippen LogP contribution in [0.5, 0.6) is 0 Å². The summed E-state index contributed by atoms with van der Waals surface area (Å²) in [7, 11) is 0. The SMILES string of the molecule is CCC(CC)(CO)CNC[C@H](C)O. The van der Waals surface area contributed by atoms with E-state index < -0.39 is 0 Å². The van der Waals surface area contributed by atoms with Gasteiger partial charge in [-0.25, -0.2) is 0 Å². The first-order valence-electron chi connectivity index (χ1n) is 5.10. The molecule has 0 rings (SSSR count). The maximum absolute atomic E-state index is 9.24. The van der Waals surface area contributed by atoms with Crippen LogP contribution in [-0.4, -0.2) is 36.0 Å². The summed E-state index contributed by atoms with van der Waals surface area (Å²) in [6.45, 7) is 7.52. The Balaban J connectivity index is 3.81. The summed E-state index contributed by atoms with van der Waals surface area (Å²) in [4.78, 5) is 0. The van der Waals surface area contributed by atoms with Crippen molar-refractivity contribution in [2.45, 2.75) is 39.7 Å². The molecule has 0 saturated carbocycles. The van der Waals surface area contributed by atoms with Crippen LogP contribution in [0.2, 0.25) is 0 Å². The fourth-order valence-electron chi connectivity index (χ4n) is 1.33. The molecule has 0 spiro atoms. The second-order valence-corrected chi connectivity index (χ2v) is 3.85. The quantitative estimate of drug-likeness (QED) is 0.554. The molecule has 0 saturated heterocycles. The van der Waals surface area contributed by atoms with Crippen LogP contribution in [0.1, 0.15) is 33.6 Å². The molecule has 0 amide bonds. The van der Waals surface area contributed by atoms with E-state index in [-0.39, 0.29) is 18.1 Å². The van der Waals surface area contributed by atoms with Crippen molar-refractivity contribution in [3.63, 3.8) is 0 Å². The van der Waals surface area contributed by atoms with E-state index >= 15 is 0 Å². The van der Waals surface area contributed by atoms with Crippen molar-refractivity contribution in [1.82, 2.24) is 5.32 Å². The second kappa shape index (κ2) is 6.35. The number of hydrogen-bond donors (Lipinski definition) is 3. The maximum Gasteiger partial charge on any atom is 0.0636 e. The molecule has 0 aromatic rings. The van der Waals surface area contributed by atoms with Gasteiger partial charge in [-0.3, -0.25) is 0 Å². The van der Waals surface area contributed by atoms with Crippen LogP contribution in [0.15, 0.2) is 0 Å². The Bertz CT molecular complexity index is 114. The van der Waals surface area contributed by atoms with Gasteiger partial charge in [0.2, 0.25) is 0 Å². The zero-order chi connectivity index (χ0) is 10.3. The van der Waals surface area contributed by atoms with E-state index in [0.717, 1.165) is 19.4 Å². The minimum atomic E-state index is -0.315. The largest absolute Gasteiger partial charge is 0.396 e. The predicted octanol–water partition coefficient (Wildman–Crippen LogP) is 0.756. The summed E-state index contributed by atoms with van der Waals surface area (Å²) in [5.74, 6) is 0. The molecule has 3 nitrogen and oxygen atoms in total. The van der Waals surface area contributed by atoms with Crippen LogP contribution < -0.4 is 5.32 Å². The predicted molar refractivity (Wildman–Crippen MR) is 54.7 cm³/mol. The summed E-state index contributed by atoms with van der Waals surface area (Å²) < 4.78 is 0. The molecule has 0 aliphatic heterocycles. The summed E-state index contributed by atoms with van der Waals surface area (Å²) in [5.41, 5.74) is -0.00507. The number of rotatable bonds is 7. The van der Waals surface area contributed by atoms with Crippen molar-refractivity contribution in [3.05, 3.63) is 0 Å². The first kappa shape index (κ1) is 12.9. The minimum Gasteiger partial charge on any atom is -0.396 e. The molecule has 13 heavy (non-hydrogen) atoms. The van der Waals surface area contributed by atoms with Gasteiger partial charge in [0, 0.05) is 25.1 Å². The Morgan fingerprint density at radius 1 is 1.31 bits per heavy atom. The minimum absolute atomic E-state index is 0.00507. The van der Waals surface area contributed by atoms with Crippen LogP contribution in [0, 0.1) is 5.41 Å². The van der Waals surface area contributed by atoms with E-state index in [4.69, 9.17) is 5.11 Å². The zero-order valence-corrected chi connectivity index (χ0v) is 9.01. The van der Waals surface area contributed by atoms with Gasteiger partial charge in [0.1, 0.15) is 0 Å². The lowest BCUT2D eigenvalue weighted by atomic mass is 9.83. The third-order valence-corrected chi connectivity index (χ3v) is 2.78. The number of hydrogen-bond acceptors (Lipinski definition) is 3. The van der Waals surface area contributed by atoms with Gasteiger partial charge in [0.05, 0.1) is 6.10 Å².